The molecule has 3 aromatic rings. The average Bonchev–Trinajstić information content (AvgIpc) is 3.19. The molecule has 0 saturated carbocycles. The van der Waals surface area contributed by atoms with E-state index in [1.54, 1.807) is 0 Å². The van der Waals surface area contributed by atoms with Crippen molar-refractivity contribution in [2.45, 2.75) is 107 Å². The maximum atomic E-state index is 12.5. The van der Waals surface area contributed by atoms with E-state index >= 15 is 0 Å². The van der Waals surface area contributed by atoms with E-state index in [1.807, 2.05) is 91.0 Å². The van der Waals surface area contributed by atoms with Crippen molar-refractivity contribution in [3.8, 4) is 0 Å². The summed E-state index contributed by atoms with van der Waals surface area (Å²) in [6, 6.07) is 29.0. The van der Waals surface area contributed by atoms with Gasteiger partial charge in [-0.1, -0.05) is 91.0 Å². The van der Waals surface area contributed by atoms with E-state index in [0.717, 1.165) is 28.5 Å². The zero-order chi connectivity index (χ0) is 40.7. The summed E-state index contributed by atoms with van der Waals surface area (Å²) in [4.78, 5) is 49.1. The Balaban J connectivity index is 1.48. The fourth-order valence-electron chi connectivity index (χ4n) is 6.58. The minimum absolute atomic E-state index is 0.170. The van der Waals surface area contributed by atoms with Crippen LogP contribution in [0.5, 0.6) is 0 Å². The van der Waals surface area contributed by atoms with Gasteiger partial charge in [0, 0.05) is 34.8 Å². The number of esters is 4. The highest BCUT2D eigenvalue weighted by Gasteiger charge is 2.54. The highest BCUT2D eigenvalue weighted by molar-refractivity contribution is 8.00. The topological polar surface area (TPSA) is 161 Å². The van der Waals surface area contributed by atoms with Crippen molar-refractivity contribution < 1.29 is 66.5 Å². The first-order valence-electron chi connectivity index (χ1n) is 18.6. The molecule has 0 radical (unpaired) electrons. The van der Waals surface area contributed by atoms with Crippen LogP contribution >= 0.6 is 11.8 Å². The molecule has 0 aliphatic carbocycles. The number of thioether (sulfide) groups is 1. The lowest BCUT2D eigenvalue weighted by atomic mass is 9.97. The number of carbonyl (C=O) groups excluding carboxylic acids is 4. The number of hydrogen-bond donors (Lipinski definition) is 0. The predicted octanol–water partition coefficient (Wildman–Crippen LogP) is 4.93. The Hall–Kier alpha value is -4.35. The molecule has 0 bridgehead atoms. The Morgan fingerprint density at radius 3 is 1.46 bits per heavy atom. The van der Waals surface area contributed by atoms with Crippen LogP contribution in [0.2, 0.25) is 0 Å². The third-order valence-electron chi connectivity index (χ3n) is 9.05. The molecule has 57 heavy (non-hydrogen) atoms. The van der Waals surface area contributed by atoms with E-state index in [2.05, 4.69) is 0 Å². The maximum Gasteiger partial charge on any atom is 0.303 e. The first kappa shape index (κ1) is 43.8. The van der Waals surface area contributed by atoms with Crippen LogP contribution in [-0.4, -0.2) is 104 Å². The summed E-state index contributed by atoms with van der Waals surface area (Å²) in [5.41, 5.74) is 1.72. The lowest BCUT2D eigenvalue weighted by molar-refractivity contribution is -0.324. The molecule has 3 aromatic carbocycles. The third kappa shape index (κ3) is 13.1. The zero-order valence-corrected chi connectivity index (χ0v) is 33.4. The van der Waals surface area contributed by atoms with Crippen LogP contribution < -0.4 is 0 Å². The monoisotopic (exact) mass is 810 g/mol. The van der Waals surface area contributed by atoms with Gasteiger partial charge in [-0.2, -0.15) is 0 Å². The fourth-order valence-corrected chi connectivity index (χ4v) is 7.96. The molecule has 0 unspecified atom stereocenters. The smallest absolute Gasteiger partial charge is 0.303 e. The van der Waals surface area contributed by atoms with Crippen molar-refractivity contribution in [2.75, 3.05) is 20.3 Å². The standard InChI is InChI=1S/C42H50O14S/c1-26(43)48-25-34-36(53-27(2)44)38(54-28(3)45)40(55-29(4)46)42(57-34)52-24-33-35(49-21-30-15-9-6-10-16-30)37(50-22-31-17-11-7-12-18-31)39(41(47-5)56-33)51-23-32-19-13-8-14-20-32/h6-20,33-42H,21-25H2,1-5H3/t33-,34-,35-,36-,37+,38+,39-,40-,41+,42-/m1/s1. The molecule has 2 heterocycles. The molecule has 5 rings (SSSR count). The van der Waals surface area contributed by atoms with Crippen molar-refractivity contribution in [1.29, 1.82) is 0 Å². The van der Waals surface area contributed by atoms with E-state index < -0.39 is 83.6 Å². The molecule has 0 spiro atoms. The molecule has 0 N–H and O–H groups in total. The number of carbonyl (C=O) groups is 4. The molecule has 308 valence electrons. The Labute approximate surface area is 336 Å². The summed E-state index contributed by atoms with van der Waals surface area (Å²) in [6.45, 7) is 5.05. The van der Waals surface area contributed by atoms with Crippen molar-refractivity contribution in [2.24, 2.45) is 0 Å². The van der Waals surface area contributed by atoms with Gasteiger partial charge in [0.15, 0.2) is 24.6 Å². The average molecular weight is 811 g/mol. The van der Waals surface area contributed by atoms with Crippen molar-refractivity contribution >= 4 is 35.6 Å². The van der Waals surface area contributed by atoms with Gasteiger partial charge in [-0.05, 0) is 16.7 Å². The Bertz CT molecular complexity index is 1710. The van der Waals surface area contributed by atoms with Gasteiger partial charge in [-0.3, -0.25) is 19.2 Å². The van der Waals surface area contributed by atoms with E-state index in [4.69, 9.17) is 47.4 Å². The summed E-state index contributed by atoms with van der Waals surface area (Å²) in [5, 5.41) is -0.791. The second kappa shape index (κ2) is 22.0. The number of methoxy groups -OCH3 is 1. The largest absolute Gasteiger partial charge is 0.465 e. The van der Waals surface area contributed by atoms with Crippen molar-refractivity contribution in [3.05, 3.63) is 108 Å². The van der Waals surface area contributed by atoms with Crippen LogP contribution in [0.4, 0.5) is 0 Å². The molecule has 2 saturated heterocycles. The highest BCUT2D eigenvalue weighted by atomic mass is 32.2. The first-order valence-corrected chi connectivity index (χ1v) is 19.5. The van der Waals surface area contributed by atoms with Crippen molar-refractivity contribution in [3.63, 3.8) is 0 Å². The Morgan fingerprint density at radius 1 is 0.526 bits per heavy atom. The lowest BCUT2D eigenvalue weighted by Crippen LogP contribution is -2.62. The van der Waals surface area contributed by atoms with Crippen LogP contribution in [0.3, 0.4) is 0 Å². The quantitative estimate of drug-likeness (QED) is 0.126. The lowest BCUT2D eigenvalue weighted by Gasteiger charge is -2.47. The summed E-state index contributed by atoms with van der Waals surface area (Å²) in [6.07, 6.45) is -7.87. The van der Waals surface area contributed by atoms with Crippen LogP contribution in [-0.2, 0) is 86.4 Å². The summed E-state index contributed by atoms with van der Waals surface area (Å²) < 4.78 is 61.2. The van der Waals surface area contributed by atoms with Crippen LogP contribution in [0.1, 0.15) is 44.4 Å². The predicted molar refractivity (Wildman–Crippen MR) is 205 cm³/mol. The molecular weight excluding hydrogens is 761 g/mol. The first-order chi connectivity index (χ1) is 27.5. The zero-order valence-electron chi connectivity index (χ0n) is 32.6. The highest BCUT2D eigenvalue weighted by Crippen LogP contribution is 2.40. The third-order valence-corrected chi connectivity index (χ3v) is 10.5. The summed E-state index contributed by atoms with van der Waals surface area (Å²) in [5.74, 6) is -2.68. The molecule has 10 atom stereocenters. The molecule has 15 heteroatoms. The SMILES string of the molecule is CO[C@H]1O[C@H](CO[C@@H]2S[C@H](COC(C)=O)[C@@H](OC(C)=O)[C@H](OC(C)=O)[C@H]2OC(C)=O)[C@@H](OCc2ccccc2)[C@H](OCc2ccccc2)[C@H]1OCc1ccccc1. The van der Waals surface area contributed by atoms with Gasteiger partial charge in [-0.25, -0.2) is 0 Å². The van der Waals surface area contributed by atoms with Crippen molar-refractivity contribution in [1.82, 2.24) is 0 Å². The Kier molecular flexibility index (Phi) is 16.9. The molecule has 2 fully saturated rings. The minimum atomic E-state index is -1.32. The molecule has 2 aliphatic rings. The molecular formula is C42H50O14S. The van der Waals surface area contributed by atoms with E-state index in [-0.39, 0.29) is 33.0 Å². The molecule has 2 aliphatic heterocycles. The molecule has 0 amide bonds. The molecule has 0 aromatic heterocycles. The fraction of sp³-hybridized carbons (Fsp3) is 0.476. The van der Waals surface area contributed by atoms with Crippen LogP contribution in [0, 0.1) is 0 Å². The van der Waals surface area contributed by atoms with Gasteiger partial charge < -0.3 is 47.4 Å². The van der Waals surface area contributed by atoms with Gasteiger partial charge in [0.1, 0.15) is 36.5 Å². The minimum Gasteiger partial charge on any atom is -0.465 e. The van der Waals surface area contributed by atoms with E-state index in [1.165, 1.54) is 34.8 Å². The Morgan fingerprint density at radius 2 is 0.982 bits per heavy atom. The van der Waals surface area contributed by atoms with Gasteiger partial charge in [0.2, 0.25) is 0 Å². The number of rotatable bonds is 18. The molecule has 14 nitrogen and oxygen atoms in total. The van der Waals surface area contributed by atoms with E-state index in [9.17, 15) is 19.2 Å². The summed E-state index contributed by atoms with van der Waals surface area (Å²) in [7, 11) is 1.51. The van der Waals surface area contributed by atoms with Gasteiger partial charge >= 0.3 is 23.9 Å². The number of benzene rings is 3. The van der Waals surface area contributed by atoms with Gasteiger partial charge in [-0.15, -0.1) is 11.8 Å². The number of ether oxygens (including phenoxy) is 10. The van der Waals surface area contributed by atoms with Crippen LogP contribution in [0.25, 0.3) is 0 Å². The van der Waals surface area contributed by atoms with Gasteiger partial charge in [0.25, 0.3) is 0 Å². The van der Waals surface area contributed by atoms with E-state index in [0.29, 0.717) is 0 Å². The van der Waals surface area contributed by atoms with Gasteiger partial charge in [0.05, 0.1) is 31.7 Å². The number of hydrogen-bond acceptors (Lipinski definition) is 15. The maximum absolute atomic E-state index is 12.5. The second-order valence-corrected chi connectivity index (χ2v) is 14.8. The summed E-state index contributed by atoms with van der Waals surface area (Å²) >= 11 is 1.10. The normalized spacial score (nSPS) is 27.2. The second-order valence-electron chi connectivity index (χ2n) is 13.5. The van der Waals surface area contributed by atoms with Crippen LogP contribution in [0.15, 0.2) is 91.0 Å².